The number of ether oxygens (including phenoxy) is 2. The van der Waals surface area contributed by atoms with Gasteiger partial charge in [-0.2, -0.15) is 0 Å². The molecule has 1 aliphatic rings. The minimum absolute atomic E-state index is 0.116. The Morgan fingerprint density at radius 2 is 2.22 bits per heavy atom. The summed E-state index contributed by atoms with van der Waals surface area (Å²) >= 11 is 0. The van der Waals surface area contributed by atoms with E-state index in [0.29, 0.717) is 12.3 Å². The number of esters is 1. The maximum atomic E-state index is 11.2. The third-order valence-electron chi connectivity index (χ3n) is 3.32. The summed E-state index contributed by atoms with van der Waals surface area (Å²) in [4.78, 5) is 25.2. The summed E-state index contributed by atoms with van der Waals surface area (Å²) in [6, 6.07) is 8.11. The number of anilines is 1. The second-order valence-corrected chi connectivity index (χ2v) is 4.91. The van der Waals surface area contributed by atoms with Gasteiger partial charge in [-0.25, -0.2) is 4.98 Å². The molecule has 8 heteroatoms. The molecule has 3 rings (SSSR count). The number of benzene rings is 1. The minimum atomic E-state index is -0.530. The van der Waals surface area contributed by atoms with Gasteiger partial charge >= 0.3 is 5.97 Å². The molecule has 0 saturated carbocycles. The molecule has 1 unspecified atom stereocenters. The monoisotopic (exact) mass is 315 g/mol. The van der Waals surface area contributed by atoms with Crippen molar-refractivity contribution < 1.29 is 19.2 Å². The van der Waals surface area contributed by atoms with E-state index < -0.39 is 11.0 Å². The molecule has 0 saturated heterocycles. The number of fused-ring (bicyclic) bond motifs is 1. The van der Waals surface area contributed by atoms with Gasteiger partial charge < -0.3 is 14.8 Å². The number of carbonyl (C=O) groups excluding carboxylic acids is 1. The molecule has 2 aromatic rings. The molecule has 118 valence electrons. The van der Waals surface area contributed by atoms with E-state index >= 15 is 0 Å². The molecule has 1 aliphatic heterocycles. The van der Waals surface area contributed by atoms with E-state index in [1.54, 1.807) is 12.1 Å². The number of rotatable bonds is 4. The van der Waals surface area contributed by atoms with Crippen LogP contribution in [0.15, 0.2) is 36.5 Å². The molecule has 0 spiro atoms. The van der Waals surface area contributed by atoms with Crippen LogP contribution in [0.1, 0.15) is 18.6 Å². The number of pyridine rings is 1. The maximum Gasteiger partial charge on any atom is 0.303 e. The normalized spacial score (nSPS) is 15.4. The minimum Gasteiger partial charge on any atom is -0.456 e. The molecule has 1 aromatic heterocycles. The predicted molar refractivity (Wildman–Crippen MR) is 80.4 cm³/mol. The number of hydrogen-bond acceptors (Lipinski definition) is 7. The van der Waals surface area contributed by atoms with E-state index in [-0.39, 0.29) is 17.5 Å². The van der Waals surface area contributed by atoms with Crippen LogP contribution in [0.2, 0.25) is 0 Å². The molecular weight excluding hydrogens is 302 g/mol. The lowest BCUT2D eigenvalue weighted by Crippen LogP contribution is -2.10. The van der Waals surface area contributed by atoms with Crippen molar-refractivity contribution in [3.63, 3.8) is 0 Å². The Balaban J connectivity index is 1.88. The van der Waals surface area contributed by atoms with Crippen LogP contribution in [0.3, 0.4) is 0 Å². The zero-order valence-electron chi connectivity index (χ0n) is 12.2. The summed E-state index contributed by atoms with van der Waals surface area (Å²) in [5, 5.41) is 13.8. The van der Waals surface area contributed by atoms with Gasteiger partial charge in [0.15, 0.2) is 0 Å². The van der Waals surface area contributed by atoms with Gasteiger partial charge in [0.05, 0.1) is 17.0 Å². The first-order valence-electron chi connectivity index (χ1n) is 6.87. The van der Waals surface area contributed by atoms with Crippen LogP contribution >= 0.6 is 0 Å². The molecule has 8 nitrogen and oxygen atoms in total. The van der Waals surface area contributed by atoms with Crippen molar-refractivity contribution in [2.75, 3.05) is 11.9 Å². The van der Waals surface area contributed by atoms with Gasteiger partial charge in [0.2, 0.25) is 5.88 Å². The number of aromatic nitrogens is 1. The third-order valence-corrected chi connectivity index (χ3v) is 3.32. The van der Waals surface area contributed by atoms with Gasteiger partial charge in [0.25, 0.3) is 5.69 Å². The van der Waals surface area contributed by atoms with E-state index in [1.807, 2.05) is 6.07 Å². The van der Waals surface area contributed by atoms with Gasteiger partial charge in [-0.3, -0.25) is 14.9 Å². The van der Waals surface area contributed by atoms with Crippen molar-refractivity contribution in [2.45, 2.75) is 13.0 Å². The highest BCUT2D eigenvalue weighted by molar-refractivity contribution is 5.69. The van der Waals surface area contributed by atoms with E-state index in [4.69, 9.17) is 9.47 Å². The summed E-state index contributed by atoms with van der Waals surface area (Å²) in [6.07, 6.45) is 0.678. The fourth-order valence-corrected chi connectivity index (χ4v) is 2.38. The van der Waals surface area contributed by atoms with Gasteiger partial charge in [0.1, 0.15) is 18.1 Å². The summed E-state index contributed by atoms with van der Waals surface area (Å²) in [6.45, 7) is 1.81. The fraction of sp³-hybridized carbons (Fsp3) is 0.200. The molecule has 0 aliphatic carbocycles. The predicted octanol–water partition coefficient (Wildman–Crippen LogP) is 2.81. The van der Waals surface area contributed by atoms with Crippen LogP contribution in [-0.2, 0) is 9.53 Å². The Labute approximate surface area is 131 Å². The van der Waals surface area contributed by atoms with Gasteiger partial charge in [-0.05, 0) is 12.1 Å². The van der Waals surface area contributed by atoms with E-state index in [2.05, 4.69) is 10.3 Å². The quantitative estimate of drug-likeness (QED) is 0.525. The summed E-state index contributed by atoms with van der Waals surface area (Å²) < 4.78 is 11.0. The molecule has 0 bridgehead atoms. The highest BCUT2D eigenvalue weighted by Gasteiger charge is 2.28. The van der Waals surface area contributed by atoms with Crippen molar-refractivity contribution in [1.82, 2.24) is 4.98 Å². The number of hydrogen-bond donors (Lipinski definition) is 1. The third kappa shape index (κ3) is 3.05. The maximum absolute atomic E-state index is 11.2. The fourth-order valence-electron chi connectivity index (χ4n) is 2.38. The largest absolute Gasteiger partial charge is 0.456 e. The molecule has 1 N–H and O–H groups in total. The highest BCUT2D eigenvalue weighted by Crippen LogP contribution is 2.40. The summed E-state index contributed by atoms with van der Waals surface area (Å²) in [7, 11) is 0. The smallest absolute Gasteiger partial charge is 0.303 e. The highest BCUT2D eigenvalue weighted by atomic mass is 16.6. The average molecular weight is 315 g/mol. The Bertz CT molecular complexity index is 760. The van der Waals surface area contributed by atoms with Crippen LogP contribution < -0.4 is 10.1 Å². The summed E-state index contributed by atoms with van der Waals surface area (Å²) in [5.74, 6) is 0.325. The zero-order chi connectivity index (χ0) is 16.4. The van der Waals surface area contributed by atoms with Gasteiger partial charge in [-0.15, -0.1) is 0 Å². The van der Waals surface area contributed by atoms with E-state index in [9.17, 15) is 14.9 Å². The summed E-state index contributed by atoms with van der Waals surface area (Å²) in [5.41, 5.74) is 1.42. The molecule has 23 heavy (non-hydrogen) atoms. The second-order valence-electron chi connectivity index (χ2n) is 4.91. The number of carbonyl (C=O) groups is 1. The van der Waals surface area contributed by atoms with Crippen molar-refractivity contribution in [3.05, 3.63) is 52.2 Å². The molecule has 0 amide bonds. The Kier molecular flexibility index (Phi) is 3.80. The van der Waals surface area contributed by atoms with Crippen LogP contribution in [0.25, 0.3) is 0 Å². The van der Waals surface area contributed by atoms with Crippen LogP contribution in [-0.4, -0.2) is 22.4 Å². The van der Waals surface area contributed by atoms with E-state index in [1.165, 1.54) is 19.1 Å². The molecular formula is C15H13N3O5. The van der Waals surface area contributed by atoms with Gasteiger partial charge in [0, 0.05) is 24.7 Å². The molecule has 1 aromatic carbocycles. The number of nitrogens with one attached hydrogen (secondary N) is 1. The van der Waals surface area contributed by atoms with Crippen molar-refractivity contribution in [1.29, 1.82) is 0 Å². The SMILES string of the molecule is CC(=O)OC1CNc2cccc(Oc3ccc([N+](=O)[O-])cn3)c21. The van der Waals surface area contributed by atoms with Crippen LogP contribution in [0.5, 0.6) is 11.6 Å². The van der Waals surface area contributed by atoms with Crippen LogP contribution in [0.4, 0.5) is 11.4 Å². The first-order valence-corrected chi connectivity index (χ1v) is 6.87. The first-order chi connectivity index (χ1) is 11.0. The first kappa shape index (κ1) is 14.8. The Morgan fingerprint density at radius 3 is 2.87 bits per heavy atom. The average Bonchev–Trinajstić information content (AvgIpc) is 2.91. The van der Waals surface area contributed by atoms with Crippen LogP contribution in [0, 0.1) is 10.1 Å². The number of nitro groups is 1. The van der Waals surface area contributed by atoms with Crippen molar-refractivity contribution in [3.8, 4) is 11.6 Å². The van der Waals surface area contributed by atoms with Crippen molar-refractivity contribution in [2.24, 2.45) is 0 Å². The lowest BCUT2D eigenvalue weighted by Gasteiger charge is -2.14. The molecule has 0 fully saturated rings. The zero-order valence-corrected chi connectivity index (χ0v) is 12.2. The molecule has 0 radical (unpaired) electrons. The Hall–Kier alpha value is -3.16. The topological polar surface area (TPSA) is 104 Å². The number of nitrogens with zero attached hydrogens (tertiary/aromatic N) is 2. The van der Waals surface area contributed by atoms with Gasteiger partial charge in [-0.1, -0.05) is 6.07 Å². The lowest BCUT2D eigenvalue weighted by atomic mass is 10.1. The lowest BCUT2D eigenvalue weighted by molar-refractivity contribution is -0.385. The van der Waals surface area contributed by atoms with Crippen molar-refractivity contribution >= 4 is 17.3 Å². The second kappa shape index (κ2) is 5.91. The molecule has 1 atom stereocenters. The standard InChI is InChI=1S/C15H13N3O5/c1-9(19)22-13-8-16-11-3-2-4-12(15(11)13)23-14-6-5-10(7-17-14)18(20)21/h2-7,13,16H,8H2,1H3. The van der Waals surface area contributed by atoms with E-state index in [0.717, 1.165) is 17.4 Å². The Morgan fingerprint density at radius 1 is 1.39 bits per heavy atom. The molecule has 2 heterocycles.